The van der Waals surface area contributed by atoms with Crippen LogP contribution in [0.3, 0.4) is 0 Å². The fourth-order valence-corrected chi connectivity index (χ4v) is 7.50. The first-order valence-corrected chi connectivity index (χ1v) is 17.3. The Bertz CT molecular complexity index is 1820. The van der Waals surface area contributed by atoms with Gasteiger partial charge in [0.2, 0.25) is 0 Å². The summed E-state index contributed by atoms with van der Waals surface area (Å²) in [5, 5.41) is 39.0. The molecule has 0 aliphatic rings. The minimum absolute atomic E-state index is 0.150. The zero-order valence-corrected chi connectivity index (χ0v) is 29.4. The molecule has 256 valence electrons. The lowest BCUT2D eigenvalue weighted by atomic mass is 9.56. The van der Waals surface area contributed by atoms with Gasteiger partial charge in [-0.25, -0.2) is 0 Å². The molecular formula is C46H48O4. The molecule has 0 saturated heterocycles. The number of hydrogen-bond acceptors (Lipinski definition) is 4. The average Bonchev–Trinajstić information content (AvgIpc) is 3.12. The van der Waals surface area contributed by atoms with Gasteiger partial charge in [0, 0.05) is 10.8 Å². The van der Waals surface area contributed by atoms with Crippen LogP contribution in [-0.2, 0) is 10.8 Å². The quantitative estimate of drug-likeness (QED) is 0.116. The van der Waals surface area contributed by atoms with Crippen LogP contribution >= 0.6 is 0 Å². The van der Waals surface area contributed by atoms with E-state index in [2.05, 4.69) is 76.2 Å². The average molecular weight is 665 g/mol. The number of unbranched alkanes of at least 4 members (excludes halogenated alkanes) is 1. The molecule has 6 rings (SSSR count). The maximum atomic E-state index is 9.77. The Morgan fingerprint density at radius 1 is 0.380 bits per heavy atom. The molecular weight excluding hydrogens is 617 g/mol. The van der Waals surface area contributed by atoms with Gasteiger partial charge in [0.15, 0.2) is 0 Å². The molecule has 0 aliphatic heterocycles. The maximum absolute atomic E-state index is 9.77. The van der Waals surface area contributed by atoms with Gasteiger partial charge in [-0.2, -0.15) is 0 Å². The molecule has 0 spiro atoms. The Morgan fingerprint density at radius 2 is 0.660 bits per heavy atom. The van der Waals surface area contributed by atoms with Crippen LogP contribution in [0.2, 0.25) is 0 Å². The molecule has 0 aliphatic carbocycles. The van der Waals surface area contributed by atoms with Gasteiger partial charge in [-0.15, -0.1) is 0 Å². The van der Waals surface area contributed by atoms with Crippen LogP contribution in [0.4, 0.5) is 0 Å². The second-order valence-electron chi connectivity index (χ2n) is 13.9. The molecule has 4 N–H and O–H groups in total. The van der Waals surface area contributed by atoms with Crippen molar-refractivity contribution in [2.24, 2.45) is 5.41 Å². The van der Waals surface area contributed by atoms with Crippen molar-refractivity contribution in [1.82, 2.24) is 0 Å². The van der Waals surface area contributed by atoms with Crippen molar-refractivity contribution in [2.45, 2.75) is 57.8 Å². The number of aromatic hydroxyl groups is 4. The van der Waals surface area contributed by atoms with Crippen molar-refractivity contribution in [2.75, 3.05) is 0 Å². The summed E-state index contributed by atoms with van der Waals surface area (Å²) in [6, 6.07) is 50.8. The van der Waals surface area contributed by atoms with Crippen LogP contribution in [0.1, 0.15) is 80.3 Å². The molecule has 0 amide bonds. The summed E-state index contributed by atoms with van der Waals surface area (Å²) in [6.45, 7) is 8.86. The van der Waals surface area contributed by atoms with Crippen LogP contribution < -0.4 is 0 Å². The summed E-state index contributed by atoms with van der Waals surface area (Å²) in [6.07, 6.45) is 3.14. The summed E-state index contributed by atoms with van der Waals surface area (Å²) < 4.78 is 0. The van der Waals surface area contributed by atoms with E-state index in [0.717, 1.165) is 41.5 Å². The number of rotatable bonds is 9. The smallest absolute Gasteiger partial charge is 0.115 e. The number of benzene rings is 6. The van der Waals surface area contributed by atoms with E-state index in [-0.39, 0.29) is 33.8 Å². The summed E-state index contributed by atoms with van der Waals surface area (Å²) in [5.41, 5.74) is 6.03. The van der Waals surface area contributed by atoms with Gasteiger partial charge in [-0.1, -0.05) is 150 Å². The van der Waals surface area contributed by atoms with Crippen LogP contribution in [-0.4, -0.2) is 20.4 Å². The Hall–Kier alpha value is -5.48. The zero-order valence-electron chi connectivity index (χ0n) is 29.4. The highest BCUT2D eigenvalue weighted by atomic mass is 16.3. The van der Waals surface area contributed by atoms with Crippen molar-refractivity contribution < 1.29 is 20.4 Å². The van der Waals surface area contributed by atoms with E-state index in [4.69, 9.17) is 0 Å². The first-order valence-electron chi connectivity index (χ1n) is 17.3. The number of phenolic OH excluding ortho intramolecular Hbond substituents is 4. The van der Waals surface area contributed by atoms with E-state index >= 15 is 0 Å². The maximum Gasteiger partial charge on any atom is 0.115 e. The zero-order chi connectivity index (χ0) is 35.8. The van der Waals surface area contributed by atoms with Gasteiger partial charge in [0.1, 0.15) is 23.0 Å². The molecule has 0 bridgehead atoms. The fourth-order valence-electron chi connectivity index (χ4n) is 7.50. The van der Waals surface area contributed by atoms with Gasteiger partial charge >= 0.3 is 0 Å². The lowest BCUT2D eigenvalue weighted by Crippen LogP contribution is -2.42. The van der Waals surface area contributed by atoms with Gasteiger partial charge in [0.05, 0.1) is 0 Å². The normalized spacial score (nSPS) is 11.8. The van der Waals surface area contributed by atoms with Crippen molar-refractivity contribution in [3.8, 4) is 23.0 Å². The Balaban J connectivity index is 0.000000194. The SMILES string of the molecule is CC(C)(C)C(c1ccccc1)(c1ccc(O)cc1)c1ccc(O)cc1.CCCCC(c1ccccc1)(c1ccc(O)cc1)c1ccc(O)cc1. The van der Waals surface area contributed by atoms with Crippen molar-refractivity contribution in [3.63, 3.8) is 0 Å². The molecule has 0 saturated carbocycles. The lowest BCUT2D eigenvalue weighted by molar-refractivity contribution is 0.272. The van der Waals surface area contributed by atoms with E-state index in [1.165, 1.54) is 11.1 Å². The molecule has 0 fully saturated rings. The lowest BCUT2D eigenvalue weighted by Gasteiger charge is -2.46. The summed E-state index contributed by atoms with van der Waals surface area (Å²) >= 11 is 0. The topological polar surface area (TPSA) is 80.9 Å². The third-order valence-corrected chi connectivity index (χ3v) is 9.82. The van der Waals surface area contributed by atoms with Gasteiger partial charge in [-0.05, 0) is 93.7 Å². The third-order valence-electron chi connectivity index (χ3n) is 9.82. The summed E-state index contributed by atoms with van der Waals surface area (Å²) in [4.78, 5) is 0. The highest BCUT2D eigenvalue weighted by Crippen LogP contribution is 2.52. The van der Waals surface area contributed by atoms with Crippen molar-refractivity contribution >= 4 is 0 Å². The van der Waals surface area contributed by atoms with Crippen LogP contribution in [0, 0.1) is 5.41 Å². The number of phenols is 4. The molecule has 0 radical (unpaired) electrons. The van der Waals surface area contributed by atoms with Crippen molar-refractivity contribution in [3.05, 3.63) is 191 Å². The monoisotopic (exact) mass is 664 g/mol. The van der Waals surface area contributed by atoms with E-state index in [9.17, 15) is 20.4 Å². The van der Waals surface area contributed by atoms with Gasteiger partial charge < -0.3 is 20.4 Å². The first-order chi connectivity index (χ1) is 24.0. The Labute approximate surface area is 297 Å². The molecule has 0 atom stereocenters. The fraction of sp³-hybridized carbons (Fsp3) is 0.217. The molecule has 4 heteroatoms. The van der Waals surface area contributed by atoms with Gasteiger partial charge in [-0.3, -0.25) is 0 Å². The predicted molar refractivity (Wildman–Crippen MR) is 204 cm³/mol. The van der Waals surface area contributed by atoms with E-state index in [1.54, 1.807) is 48.5 Å². The minimum atomic E-state index is -0.421. The molecule has 0 unspecified atom stereocenters. The third kappa shape index (κ3) is 7.25. The molecule has 50 heavy (non-hydrogen) atoms. The Morgan fingerprint density at radius 3 is 0.980 bits per heavy atom. The van der Waals surface area contributed by atoms with E-state index < -0.39 is 5.41 Å². The number of hydrogen-bond donors (Lipinski definition) is 4. The molecule has 6 aromatic rings. The summed E-state index contributed by atoms with van der Waals surface area (Å²) in [5.74, 6) is 1.05. The molecule has 4 nitrogen and oxygen atoms in total. The molecule has 0 aromatic heterocycles. The minimum Gasteiger partial charge on any atom is -0.508 e. The predicted octanol–water partition coefficient (Wildman–Crippen LogP) is 11.1. The second-order valence-corrected chi connectivity index (χ2v) is 13.9. The first kappa shape index (κ1) is 35.8. The second kappa shape index (κ2) is 15.4. The highest BCUT2D eigenvalue weighted by Gasteiger charge is 2.46. The molecule has 0 heterocycles. The van der Waals surface area contributed by atoms with Gasteiger partial charge in [0.25, 0.3) is 0 Å². The standard InChI is InChI=1S/2C23H24O2/c1-22(2,3)23(17-7-5-4-6-8-17,18-9-13-20(24)14-10-18)19-11-15-21(25)16-12-19;1-2-3-17-23(18-7-5-4-6-8-18,19-9-13-21(24)14-10-19)20-11-15-22(25)16-12-20/h4-16,24-25H,1-3H3;4-16,24-25H,2-3,17H2,1H3. The highest BCUT2D eigenvalue weighted by molar-refractivity contribution is 5.55. The summed E-state index contributed by atoms with van der Waals surface area (Å²) in [7, 11) is 0. The Kier molecular flexibility index (Phi) is 11.0. The van der Waals surface area contributed by atoms with E-state index in [0.29, 0.717) is 0 Å². The largest absolute Gasteiger partial charge is 0.508 e. The van der Waals surface area contributed by atoms with E-state index in [1.807, 2.05) is 60.7 Å². The molecule has 6 aromatic carbocycles. The van der Waals surface area contributed by atoms with Crippen LogP contribution in [0.5, 0.6) is 23.0 Å². The van der Waals surface area contributed by atoms with Crippen LogP contribution in [0.15, 0.2) is 158 Å². The van der Waals surface area contributed by atoms with Crippen LogP contribution in [0.25, 0.3) is 0 Å². The van der Waals surface area contributed by atoms with Crippen molar-refractivity contribution in [1.29, 1.82) is 0 Å².